The van der Waals surface area contributed by atoms with Crippen molar-refractivity contribution in [2.45, 2.75) is 6.10 Å². The zero-order valence-corrected chi connectivity index (χ0v) is 15.9. The minimum absolute atomic E-state index is 0.193. The molecule has 2 aromatic carbocycles. The molecule has 0 amide bonds. The zero-order chi connectivity index (χ0) is 19.7. The highest BCUT2D eigenvalue weighted by molar-refractivity contribution is 6.31. The van der Waals surface area contributed by atoms with Crippen LogP contribution in [0.5, 0.6) is 5.75 Å². The molecular weight excluding hydrogens is 399 g/mol. The van der Waals surface area contributed by atoms with Crippen molar-refractivity contribution in [3.8, 4) is 5.75 Å². The lowest BCUT2D eigenvalue weighted by molar-refractivity contribution is 0.0697. The summed E-state index contributed by atoms with van der Waals surface area (Å²) in [6, 6.07) is 15.5. The first-order valence-corrected chi connectivity index (χ1v) is 9.15. The van der Waals surface area contributed by atoms with Crippen LogP contribution in [0.25, 0.3) is 11.0 Å². The molecule has 0 spiro atoms. The van der Waals surface area contributed by atoms with Gasteiger partial charge in [0.1, 0.15) is 11.4 Å². The number of pyridine rings is 1. The van der Waals surface area contributed by atoms with Crippen LogP contribution in [0.2, 0.25) is 10.0 Å². The van der Waals surface area contributed by atoms with Crippen LogP contribution in [0.3, 0.4) is 0 Å². The van der Waals surface area contributed by atoms with Crippen molar-refractivity contribution in [2.75, 3.05) is 0 Å². The van der Waals surface area contributed by atoms with Crippen LogP contribution in [0, 0.1) is 0 Å². The lowest BCUT2D eigenvalue weighted by Crippen LogP contribution is -2.09. The Kier molecular flexibility index (Phi) is 4.94. The van der Waals surface area contributed by atoms with Crippen LogP contribution in [-0.4, -0.2) is 21.0 Å². The van der Waals surface area contributed by atoms with E-state index in [2.05, 4.69) is 9.97 Å². The fourth-order valence-electron chi connectivity index (χ4n) is 2.98. The van der Waals surface area contributed by atoms with Crippen molar-refractivity contribution in [3.63, 3.8) is 0 Å². The van der Waals surface area contributed by atoms with E-state index in [-0.39, 0.29) is 5.56 Å². The molecule has 0 aliphatic rings. The molecule has 1 unspecified atom stereocenters. The van der Waals surface area contributed by atoms with Gasteiger partial charge >= 0.3 is 5.97 Å². The van der Waals surface area contributed by atoms with Gasteiger partial charge in [0.2, 0.25) is 0 Å². The van der Waals surface area contributed by atoms with E-state index in [9.17, 15) is 4.79 Å². The van der Waals surface area contributed by atoms with E-state index < -0.39 is 12.1 Å². The number of fused-ring (bicyclic) bond motifs is 1. The van der Waals surface area contributed by atoms with Gasteiger partial charge in [-0.2, -0.15) is 0 Å². The summed E-state index contributed by atoms with van der Waals surface area (Å²) < 4.78 is 6.24. The molecular formula is C21H14Cl2N2O3. The number of nitrogens with zero attached hydrogens (tertiary/aromatic N) is 1. The molecule has 4 rings (SSSR count). The number of halogens is 2. The minimum atomic E-state index is -0.988. The Morgan fingerprint density at radius 2 is 1.75 bits per heavy atom. The molecule has 140 valence electrons. The Bertz CT molecular complexity index is 1140. The zero-order valence-electron chi connectivity index (χ0n) is 14.4. The highest BCUT2D eigenvalue weighted by Crippen LogP contribution is 2.34. The highest BCUT2D eigenvalue weighted by atomic mass is 35.5. The third-order valence-corrected chi connectivity index (χ3v) is 4.80. The summed E-state index contributed by atoms with van der Waals surface area (Å²) in [7, 11) is 0. The number of carboxylic acid groups (broad SMARTS) is 1. The number of H-pyrrole nitrogens is 1. The first-order valence-electron chi connectivity index (χ1n) is 8.39. The number of aromatic amines is 1. The maximum atomic E-state index is 11.1. The van der Waals surface area contributed by atoms with Gasteiger partial charge in [-0.25, -0.2) is 9.78 Å². The van der Waals surface area contributed by atoms with Gasteiger partial charge in [-0.3, -0.25) is 0 Å². The van der Waals surface area contributed by atoms with Crippen molar-refractivity contribution >= 4 is 40.2 Å². The first kappa shape index (κ1) is 18.3. The van der Waals surface area contributed by atoms with E-state index in [0.29, 0.717) is 21.4 Å². The Balaban J connectivity index is 1.78. The Morgan fingerprint density at radius 1 is 1.04 bits per heavy atom. The van der Waals surface area contributed by atoms with Crippen molar-refractivity contribution in [2.24, 2.45) is 0 Å². The standard InChI is InChI=1S/C21H14Cl2N2O3/c22-14-5-1-12(2-6-14)19(28-16-7-3-13(4-8-16)21(26)27)18-11-25-20-17(18)9-15(23)10-24-20/h1-11,19H,(H,24,25)(H,26,27). The topological polar surface area (TPSA) is 75.2 Å². The van der Waals surface area contributed by atoms with Crippen LogP contribution in [0.4, 0.5) is 0 Å². The Hall–Kier alpha value is -3.02. The van der Waals surface area contributed by atoms with Crippen molar-refractivity contribution < 1.29 is 14.6 Å². The van der Waals surface area contributed by atoms with Crippen LogP contribution in [-0.2, 0) is 0 Å². The first-order chi connectivity index (χ1) is 13.5. The summed E-state index contributed by atoms with van der Waals surface area (Å²) in [4.78, 5) is 18.5. The van der Waals surface area contributed by atoms with Gasteiger partial charge in [-0.1, -0.05) is 35.3 Å². The molecule has 5 nitrogen and oxygen atoms in total. The predicted molar refractivity (Wildman–Crippen MR) is 108 cm³/mol. The largest absolute Gasteiger partial charge is 0.481 e. The van der Waals surface area contributed by atoms with E-state index >= 15 is 0 Å². The normalized spacial score (nSPS) is 12.1. The van der Waals surface area contributed by atoms with Gasteiger partial charge in [0.15, 0.2) is 6.10 Å². The average molecular weight is 413 g/mol. The number of aromatic carboxylic acids is 1. The molecule has 2 heterocycles. The smallest absolute Gasteiger partial charge is 0.335 e. The molecule has 7 heteroatoms. The number of nitrogens with one attached hydrogen (secondary N) is 1. The third kappa shape index (κ3) is 3.67. The van der Waals surface area contributed by atoms with Gasteiger partial charge in [0.05, 0.1) is 10.6 Å². The summed E-state index contributed by atoms with van der Waals surface area (Å²) in [5.41, 5.74) is 2.63. The number of carboxylic acids is 1. The number of hydrogen-bond acceptors (Lipinski definition) is 3. The second-order valence-electron chi connectivity index (χ2n) is 6.17. The maximum Gasteiger partial charge on any atom is 0.335 e. The van der Waals surface area contributed by atoms with Gasteiger partial charge in [-0.05, 0) is 48.0 Å². The average Bonchev–Trinajstić information content (AvgIpc) is 3.10. The van der Waals surface area contributed by atoms with Crippen molar-refractivity contribution in [1.82, 2.24) is 9.97 Å². The number of aromatic nitrogens is 2. The number of hydrogen-bond donors (Lipinski definition) is 2. The third-order valence-electron chi connectivity index (χ3n) is 4.34. The molecule has 0 radical (unpaired) electrons. The molecule has 2 N–H and O–H groups in total. The predicted octanol–water partition coefficient (Wildman–Crippen LogP) is 5.74. The van der Waals surface area contributed by atoms with Crippen LogP contribution in [0.1, 0.15) is 27.6 Å². The molecule has 28 heavy (non-hydrogen) atoms. The molecule has 0 aliphatic carbocycles. The summed E-state index contributed by atoms with van der Waals surface area (Å²) in [6.07, 6.45) is 2.94. The summed E-state index contributed by atoms with van der Waals surface area (Å²) in [6.45, 7) is 0. The van der Waals surface area contributed by atoms with Crippen LogP contribution < -0.4 is 4.74 Å². The van der Waals surface area contributed by atoms with Crippen LogP contribution in [0.15, 0.2) is 67.0 Å². The number of benzene rings is 2. The van der Waals surface area contributed by atoms with Gasteiger partial charge in [0, 0.05) is 28.4 Å². The quantitative estimate of drug-likeness (QED) is 0.438. The van der Waals surface area contributed by atoms with Crippen LogP contribution >= 0.6 is 23.2 Å². The fourth-order valence-corrected chi connectivity index (χ4v) is 3.26. The second-order valence-corrected chi connectivity index (χ2v) is 7.05. The van der Waals surface area contributed by atoms with Gasteiger partial charge < -0.3 is 14.8 Å². The highest BCUT2D eigenvalue weighted by Gasteiger charge is 2.21. The number of rotatable bonds is 5. The second kappa shape index (κ2) is 7.54. The minimum Gasteiger partial charge on any atom is -0.481 e. The molecule has 1 atom stereocenters. The molecule has 2 aromatic heterocycles. The van der Waals surface area contributed by atoms with E-state index in [0.717, 1.165) is 16.5 Å². The number of carbonyl (C=O) groups is 1. The van der Waals surface area contributed by atoms with Gasteiger partial charge in [0.25, 0.3) is 0 Å². The van der Waals surface area contributed by atoms with E-state index in [1.165, 1.54) is 12.1 Å². The lowest BCUT2D eigenvalue weighted by Gasteiger charge is -2.20. The molecule has 0 saturated heterocycles. The lowest BCUT2D eigenvalue weighted by atomic mass is 10.0. The summed E-state index contributed by atoms with van der Waals surface area (Å²) in [5, 5.41) is 11.1. The molecule has 4 aromatic rings. The SMILES string of the molecule is O=C(O)c1ccc(OC(c2ccc(Cl)cc2)c2c[nH]c3ncc(Cl)cc23)cc1. The van der Waals surface area contributed by atoms with E-state index in [1.54, 1.807) is 30.5 Å². The monoisotopic (exact) mass is 412 g/mol. The molecule has 0 saturated carbocycles. The molecule has 0 aliphatic heterocycles. The Labute approximate surface area is 170 Å². The van der Waals surface area contributed by atoms with Gasteiger partial charge in [-0.15, -0.1) is 0 Å². The number of ether oxygens (including phenoxy) is 1. The molecule has 0 bridgehead atoms. The Morgan fingerprint density at radius 3 is 2.43 bits per heavy atom. The fraction of sp³-hybridized carbons (Fsp3) is 0.0476. The van der Waals surface area contributed by atoms with Crippen molar-refractivity contribution in [1.29, 1.82) is 0 Å². The summed E-state index contributed by atoms with van der Waals surface area (Å²) in [5.74, 6) is -0.451. The summed E-state index contributed by atoms with van der Waals surface area (Å²) >= 11 is 12.2. The van der Waals surface area contributed by atoms with E-state index in [1.807, 2.05) is 24.4 Å². The van der Waals surface area contributed by atoms with Crippen molar-refractivity contribution in [3.05, 3.63) is 93.7 Å². The maximum absolute atomic E-state index is 11.1. The molecule has 0 fully saturated rings. The van der Waals surface area contributed by atoms with E-state index in [4.69, 9.17) is 33.0 Å².